The normalized spacial score (nSPS) is 26.6. The highest BCUT2D eigenvalue weighted by molar-refractivity contribution is 6.28. The molecule has 1 atom stereocenters. The minimum Gasteiger partial charge on any atom is -0.370 e. The summed E-state index contributed by atoms with van der Waals surface area (Å²) in [5.41, 5.74) is 0. The van der Waals surface area contributed by atoms with Gasteiger partial charge in [-0.2, -0.15) is 0 Å². The second-order valence-electron chi connectivity index (χ2n) is 2.10. The molecular formula is C6H9ClO2. The Kier molecular flexibility index (Phi) is 2.49. The molecule has 1 unspecified atom stereocenters. The minimum atomic E-state index is -0.192. The molecule has 0 aromatic rings. The Bertz CT molecular complexity index is 108. The van der Waals surface area contributed by atoms with Crippen molar-refractivity contribution in [3.8, 4) is 0 Å². The molecule has 1 aliphatic rings. The zero-order valence-corrected chi connectivity index (χ0v) is 5.86. The van der Waals surface area contributed by atoms with Crippen molar-refractivity contribution in [1.29, 1.82) is 0 Å². The smallest absolute Gasteiger partial charge is 0.176 e. The fourth-order valence-electron chi connectivity index (χ4n) is 0.918. The van der Waals surface area contributed by atoms with Crippen LogP contribution < -0.4 is 0 Å². The van der Waals surface area contributed by atoms with Gasteiger partial charge in [-0.25, -0.2) is 0 Å². The third kappa shape index (κ3) is 1.66. The van der Waals surface area contributed by atoms with Crippen molar-refractivity contribution < 1.29 is 9.53 Å². The van der Waals surface area contributed by atoms with Crippen molar-refractivity contribution in [2.45, 2.75) is 18.9 Å². The summed E-state index contributed by atoms with van der Waals surface area (Å²) in [5.74, 6) is 0.110. The number of carbonyl (C=O) groups excluding carboxylic acids is 1. The molecule has 0 aromatic carbocycles. The van der Waals surface area contributed by atoms with Gasteiger partial charge in [-0.05, 0) is 12.8 Å². The zero-order chi connectivity index (χ0) is 6.69. The SMILES string of the molecule is O=C(CCl)C1CCCO1. The van der Waals surface area contributed by atoms with Crippen LogP contribution in [0.15, 0.2) is 0 Å². The van der Waals surface area contributed by atoms with Gasteiger partial charge in [0.2, 0.25) is 0 Å². The molecule has 0 aliphatic carbocycles. The first kappa shape index (κ1) is 7.03. The van der Waals surface area contributed by atoms with Crippen LogP contribution in [0.4, 0.5) is 0 Å². The van der Waals surface area contributed by atoms with Crippen LogP contribution in [0.5, 0.6) is 0 Å². The number of hydrogen-bond acceptors (Lipinski definition) is 2. The lowest BCUT2D eigenvalue weighted by Gasteiger charge is -2.02. The van der Waals surface area contributed by atoms with E-state index in [0.29, 0.717) is 6.61 Å². The predicted molar refractivity (Wildman–Crippen MR) is 34.7 cm³/mol. The molecule has 1 fully saturated rings. The standard InChI is InChI=1S/C6H9ClO2/c7-4-5(8)6-2-1-3-9-6/h6H,1-4H2. The van der Waals surface area contributed by atoms with Gasteiger partial charge in [0, 0.05) is 6.61 Å². The number of hydrogen-bond donors (Lipinski definition) is 0. The fraction of sp³-hybridized carbons (Fsp3) is 0.833. The summed E-state index contributed by atoms with van der Waals surface area (Å²) in [6.07, 6.45) is 1.65. The van der Waals surface area contributed by atoms with Crippen LogP contribution in [-0.4, -0.2) is 24.4 Å². The molecule has 0 saturated carbocycles. The van der Waals surface area contributed by atoms with Crippen LogP contribution in [0.25, 0.3) is 0 Å². The fourth-order valence-corrected chi connectivity index (χ4v) is 1.09. The Morgan fingerprint density at radius 1 is 1.78 bits per heavy atom. The molecule has 9 heavy (non-hydrogen) atoms. The van der Waals surface area contributed by atoms with Gasteiger partial charge in [-0.15, -0.1) is 11.6 Å². The largest absolute Gasteiger partial charge is 0.370 e. The Hall–Kier alpha value is -0.0800. The van der Waals surface area contributed by atoms with Crippen molar-refractivity contribution in [3.63, 3.8) is 0 Å². The summed E-state index contributed by atoms with van der Waals surface area (Å²) >= 11 is 5.30. The summed E-state index contributed by atoms with van der Waals surface area (Å²) < 4.78 is 5.07. The minimum absolute atomic E-state index is 0.0224. The van der Waals surface area contributed by atoms with Gasteiger partial charge in [0.1, 0.15) is 6.10 Å². The van der Waals surface area contributed by atoms with Crippen LogP contribution in [0, 0.1) is 0 Å². The first-order chi connectivity index (χ1) is 4.34. The quantitative estimate of drug-likeness (QED) is 0.546. The van der Waals surface area contributed by atoms with E-state index >= 15 is 0 Å². The second kappa shape index (κ2) is 3.18. The highest BCUT2D eigenvalue weighted by atomic mass is 35.5. The Labute approximate surface area is 59.1 Å². The van der Waals surface area contributed by atoms with Crippen LogP contribution in [-0.2, 0) is 9.53 Å². The maximum atomic E-state index is 10.8. The van der Waals surface area contributed by atoms with E-state index in [-0.39, 0.29) is 17.8 Å². The zero-order valence-electron chi connectivity index (χ0n) is 5.10. The number of rotatable bonds is 2. The van der Waals surface area contributed by atoms with Gasteiger partial charge >= 0.3 is 0 Å². The molecule has 0 radical (unpaired) electrons. The highest BCUT2D eigenvalue weighted by Gasteiger charge is 2.21. The average molecular weight is 149 g/mol. The molecule has 0 spiro atoms. The Morgan fingerprint density at radius 2 is 2.56 bits per heavy atom. The summed E-state index contributed by atoms with van der Waals surface area (Å²) in [5, 5.41) is 0. The third-order valence-electron chi connectivity index (χ3n) is 1.42. The van der Waals surface area contributed by atoms with E-state index in [9.17, 15) is 4.79 Å². The molecule has 1 aliphatic heterocycles. The molecule has 0 bridgehead atoms. The Morgan fingerprint density at radius 3 is 3.00 bits per heavy atom. The molecule has 52 valence electrons. The molecule has 0 aromatic heterocycles. The molecule has 1 heterocycles. The lowest BCUT2D eigenvalue weighted by atomic mass is 10.2. The van der Waals surface area contributed by atoms with Crippen molar-refractivity contribution >= 4 is 17.4 Å². The lowest BCUT2D eigenvalue weighted by molar-refractivity contribution is -0.125. The van der Waals surface area contributed by atoms with Gasteiger partial charge < -0.3 is 4.74 Å². The molecular weight excluding hydrogens is 140 g/mol. The van der Waals surface area contributed by atoms with Gasteiger partial charge in [-0.1, -0.05) is 0 Å². The monoisotopic (exact) mass is 148 g/mol. The van der Waals surface area contributed by atoms with E-state index in [2.05, 4.69) is 0 Å². The number of ketones is 1. The molecule has 2 nitrogen and oxygen atoms in total. The lowest BCUT2D eigenvalue weighted by Crippen LogP contribution is -2.20. The number of Topliss-reactive ketones (excluding diaryl/α,β-unsaturated/α-hetero) is 1. The summed E-state index contributed by atoms with van der Waals surface area (Å²) in [4.78, 5) is 10.8. The molecule has 3 heteroatoms. The number of alkyl halides is 1. The van der Waals surface area contributed by atoms with Gasteiger partial charge in [-0.3, -0.25) is 4.79 Å². The van der Waals surface area contributed by atoms with Crippen molar-refractivity contribution in [2.75, 3.05) is 12.5 Å². The van der Waals surface area contributed by atoms with Crippen LogP contribution in [0.1, 0.15) is 12.8 Å². The van der Waals surface area contributed by atoms with E-state index in [1.54, 1.807) is 0 Å². The molecule has 0 amide bonds. The second-order valence-corrected chi connectivity index (χ2v) is 2.37. The number of carbonyl (C=O) groups is 1. The van der Waals surface area contributed by atoms with Crippen LogP contribution in [0.3, 0.4) is 0 Å². The maximum absolute atomic E-state index is 10.8. The van der Waals surface area contributed by atoms with Crippen LogP contribution in [0.2, 0.25) is 0 Å². The van der Waals surface area contributed by atoms with E-state index in [0.717, 1.165) is 12.8 Å². The van der Waals surface area contributed by atoms with Crippen LogP contribution >= 0.6 is 11.6 Å². The summed E-state index contributed by atoms with van der Waals surface area (Å²) in [6.45, 7) is 0.716. The Balaban J connectivity index is 2.32. The number of ether oxygens (including phenoxy) is 1. The van der Waals surface area contributed by atoms with Crippen molar-refractivity contribution in [3.05, 3.63) is 0 Å². The first-order valence-corrected chi connectivity index (χ1v) is 3.58. The molecule has 1 saturated heterocycles. The topological polar surface area (TPSA) is 26.3 Å². The van der Waals surface area contributed by atoms with Gasteiger partial charge in [0.25, 0.3) is 0 Å². The highest BCUT2D eigenvalue weighted by Crippen LogP contribution is 2.12. The summed E-state index contributed by atoms with van der Waals surface area (Å²) in [6, 6.07) is 0. The van der Waals surface area contributed by atoms with E-state index in [1.165, 1.54) is 0 Å². The van der Waals surface area contributed by atoms with E-state index < -0.39 is 0 Å². The van der Waals surface area contributed by atoms with Crippen molar-refractivity contribution in [1.82, 2.24) is 0 Å². The van der Waals surface area contributed by atoms with E-state index in [4.69, 9.17) is 16.3 Å². The third-order valence-corrected chi connectivity index (χ3v) is 1.68. The maximum Gasteiger partial charge on any atom is 0.176 e. The average Bonchev–Trinajstić information content (AvgIpc) is 2.37. The number of halogens is 1. The molecule has 0 N–H and O–H groups in total. The molecule has 1 rings (SSSR count). The van der Waals surface area contributed by atoms with E-state index in [1.807, 2.05) is 0 Å². The van der Waals surface area contributed by atoms with Gasteiger partial charge in [0.15, 0.2) is 5.78 Å². The summed E-state index contributed by atoms with van der Waals surface area (Å²) in [7, 11) is 0. The predicted octanol–water partition coefficient (Wildman–Crippen LogP) is 0.973. The van der Waals surface area contributed by atoms with Crippen molar-refractivity contribution in [2.24, 2.45) is 0 Å². The first-order valence-electron chi connectivity index (χ1n) is 3.05. The van der Waals surface area contributed by atoms with Gasteiger partial charge in [0.05, 0.1) is 5.88 Å².